The van der Waals surface area contributed by atoms with Gasteiger partial charge in [0.15, 0.2) is 5.76 Å². The maximum absolute atomic E-state index is 12.5. The summed E-state index contributed by atoms with van der Waals surface area (Å²) in [6.07, 6.45) is 1.40. The fraction of sp³-hybridized carbons (Fsp3) is 0.100. The summed E-state index contributed by atoms with van der Waals surface area (Å²) in [5.74, 6) is 0.0544. The second-order valence-corrected chi connectivity index (χ2v) is 6.08. The third-order valence-electron chi connectivity index (χ3n) is 3.87. The Hall–Kier alpha value is -3.45. The lowest BCUT2D eigenvalue weighted by Crippen LogP contribution is -2.14. The van der Waals surface area contributed by atoms with E-state index in [9.17, 15) is 9.59 Å². The summed E-state index contributed by atoms with van der Waals surface area (Å²) in [5, 5.41) is 5.99. The Balaban J connectivity index is 1.86. The molecule has 0 aliphatic carbocycles. The molecule has 1 aromatic heterocycles. The zero-order valence-electron chi connectivity index (χ0n) is 15.1. The van der Waals surface area contributed by atoms with Crippen molar-refractivity contribution in [2.75, 3.05) is 24.9 Å². The van der Waals surface area contributed by atoms with Gasteiger partial charge in [-0.15, -0.1) is 0 Å². The molecule has 144 valence electrons. The number of ether oxygens (including phenoxy) is 2. The van der Waals surface area contributed by atoms with E-state index in [2.05, 4.69) is 10.6 Å². The molecule has 2 aromatic carbocycles. The van der Waals surface area contributed by atoms with Crippen LogP contribution in [0.3, 0.4) is 0 Å². The van der Waals surface area contributed by atoms with Crippen molar-refractivity contribution in [2.45, 2.75) is 0 Å². The average Bonchev–Trinajstić information content (AvgIpc) is 3.24. The molecule has 0 aliphatic rings. The minimum absolute atomic E-state index is 0.154. The summed E-state index contributed by atoms with van der Waals surface area (Å²) < 4.78 is 15.8. The molecule has 0 atom stereocenters. The Bertz CT molecular complexity index is 985. The Morgan fingerprint density at radius 3 is 1.96 bits per heavy atom. The van der Waals surface area contributed by atoms with Crippen LogP contribution in [0.25, 0.3) is 0 Å². The highest BCUT2D eigenvalue weighted by Gasteiger charge is 2.17. The molecule has 2 N–H and O–H groups in total. The lowest BCUT2D eigenvalue weighted by Gasteiger charge is -2.16. The van der Waals surface area contributed by atoms with Gasteiger partial charge in [0, 0.05) is 22.7 Å². The molecule has 28 heavy (non-hydrogen) atoms. The van der Waals surface area contributed by atoms with Crippen molar-refractivity contribution in [1.29, 1.82) is 0 Å². The minimum Gasteiger partial charge on any atom is -0.494 e. The van der Waals surface area contributed by atoms with Crippen LogP contribution in [0, 0.1) is 0 Å². The molecular formula is C20H17ClN2O5. The van der Waals surface area contributed by atoms with Gasteiger partial charge in [-0.2, -0.15) is 0 Å². The smallest absolute Gasteiger partial charge is 0.291 e. The van der Waals surface area contributed by atoms with Crippen molar-refractivity contribution in [2.24, 2.45) is 0 Å². The lowest BCUT2D eigenvalue weighted by molar-refractivity contribution is 0.0994. The van der Waals surface area contributed by atoms with Crippen LogP contribution in [0.5, 0.6) is 11.5 Å². The molecule has 8 heteroatoms. The topological polar surface area (TPSA) is 89.8 Å². The van der Waals surface area contributed by atoms with Crippen LogP contribution in [0.4, 0.5) is 11.4 Å². The van der Waals surface area contributed by atoms with E-state index in [1.807, 2.05) is 0 Å². The third kappa shape index (κ3) is 4.27. The van der Waals surface area contributed by atoms with Gasteiger partial charge in [0.25, 0.3) is 11.8 Å². The molecule has 0 spiro atoms. The van der Waals surface area contributed by atoms with Crippen LogP contribution in [0.2, 0.25) is 5.02 Å². The number of nitrogens with one attached hydrogen (secondary N) is 2. The SMILES string of the molecule is COc1cc(NC(=O)c2ccco2)c(OC)cc1NC(=O)c1ccc(Cl)cc1. The van der Waals surface area contributed by atoms with E-state index >= 15 is 0 Å². The average molecular weight is 401 g/mol. The van der Waals surface area contributed by atoms with Crippen molar-refractivity contribution >= 4 is 34.8 Å². The normalized spacial score (nSPS) is 10.2. The Labute approximate surface area is 166 Å². The van der Waals surface area contributed by atoms with Crippen LogP contribution in [0.15, 0.2) is 59.2 Å². The van der Waals surface area contributed by atoms with Crippen molar-refractivity contribution in [1.82, 2.24) is 0 Å². The first kappa shape index (κ1) is 19.3. The van der Waals surface area contributed by atoms with Gasteiger partial charge in [0.1, 0.15) is 11.5 Å². The highest BCUT2D eigenvalue weighted by atomic mass is 35.5. The molecule has 0 aliphatic heterocycles. The minimum atomic E-state index is -0.441. The molecule has 1 heterocycles. The molecule has 0 bridgehead atoms. The van der Waals surface area contributed by atoms with Gasteiger partial charge in [-0.1, -0.05) is 11.6 Å². The van der Waals surface area contributed by atoms with Gasteiger partial charge in [0.2, 0.25) is 0 Å². The number of amides is 2. The monoisotopic (exact) mass is 400 g/mol. The first-order chi connectivity index (χ1) is 13.5. The van der Waals surface area contributed by atoms with Gasteiger partial charge in [0.05, 0.1) is 31.9 Å². The van der Waals surface area contributed by atoms with Crippen molar-refractivity contribution in [3.8, 4) is 11.5 Å². The van der Waals surface area contributed by atoms with E-state index < -0.39 is 5.91 Å². The number of furan rings is 1. The quantitative estimate of drug-likeness (QED) is 0.637. The Kier molecular flexibility index (Phi) is 5.86. The van der Waals surface area contributed by atoms with E-state index in [4.69, 9.17) is 25.5 Å². The number of hydrogen-bond donors (Lipinski definition) is 2. The molecule has 7 nitrogen and oxygen atoms in total. The number of methoxy groups -OCH3 is 2. The Morgan fingerprint density at radius 1 is 0.893 bits per heavy atom. The molecule has 3 aromatic rings. The highest BCUT2D eigenvalue weighted by molar-refractivity contribution is 6.30. The predicted molar refractivity (Wildman–Crippen MR) is 106 cm³/mol. The maximum Gasteiger partial charge on any atom is 0.291 e. The Morgan fingerprint density at radius 2 is 1.46 bits per heavy atom. The van der Waals surface area contributed by atoms with Crippen molar-refractivity contribution in [3.63, 3.8) is 0 Å². The van der Waals surface area contributed by atoms with Crippen LogP contribution < -0.4 is 20.1 Å². The maximum atomic E-state index is 12.5. The van der Waals surface area contributed by atoms with E-state index in [0.717, 1.165) is 0 Å². The van der Waals surface area contributed by atoms with Crippen molar-refractivity contribution < 1.29 is 23.5 Å². The van der Waals surface area contributed by atoms with E-state index in [1.165, 1.54) is 20.5 Å². The number of hydrogen-bond acceptors (Lipinski definition) is 5. The number of carbonyl (C=O) groups excluding carboxylic acids is 2. The van der Waals surface area contributed by atoms with Crippen LogP contribution >= 0.6 is 11.6 Å². The van der Waals surface area contributed by atoms with E-state index in [0.29, 0.717) is 33.5 Å². The fourth-order valence-corrected chi connectivity index (χ4v) is 2.61. The molecule has 0 unspecified atom stereocenters. The van der Waals surface area contributed by atoms with Gasteiger partial charge in [-0.25, -0.2) is 0 Å². The van der Waals surface area contributed by atoms with E-state index in [1.54, 1.807) is 48.5 Å². The number of halogens is 1. The number of benzene rings is 2. The fourth-order valence-electron chi connectivity index (χ4n) is 2.48. The number of rotatable bonds is 6. The summed E-state index contributed by atoms with van der Waals surface area (Å²) in [4.78, 5) is 24.7. The molecule has 0 saturated carbocycles. The first-order valence-corrected chi connectivity index (χ1v) is 8.57. The van der Waals surface area contributed by atoms with Crippen LogP contribution in [-0.4, -0.2) is 26.0 Å². The largest absolute Gasteiger partial charge is 0.494 e. The summed E-state index contributed by atoms with van der Waals surface area (Å²) in [6, 6.07) is 12.7. The summed E-state index contributed by atoms with van der Waals surface area (Å²) in [5.41, 5.74) is 1.18. The second kappa shape index (κ2) is 8.49. The van der Waals surface area contributed by atoms with Crippen molar-refractivity contribution in [3.05, 3.63) is 71.1 Å². The molecule has 3 rings (SSSR count). The standard InChI is InChI=1S/C20H17ClN2O5/c1-26-17-11-15(23-20(25)16-4-3-9-28-16)18(27-2)10-14(17)22-19(24)12-5-7-13(21)8-6-12/h3-11H,1-2H3,(H,22,24)(H,23,25). The highest BCUT2D eigenvalue weighted by Crippen LogP contribution is 2.37. The predicted octanol–water partition coefficient (Wildman–Crippen LogP) is 4.45. The molecular weight excluding hydrogens is 384 g/mol. The molecule has 2 amide bonds. The van der Waals surface area contributed by atoms with Gasteiger partial charge < -0.3 is 24.5 Å². The zero-order chi connectivity index (χ0) is 20.1. The summed E-state index contributed by atoms with van der Waals surface area (Å²) >= 11 is 5.85. The van der Waals surface area contributed by atoms with Gasteiger partial charge >= 0.3 is 0 Å². The van der Waals surface area contributed by atoms with Gasteiger partial charge in [-0.3, -0.25) is 9.59 Å². The zero-order valence-corrected chi connectivity index (χ0v) is 15.9. The number of anilines is 2. The summed E-state index contributed by atoms with van der Waals surface area (Å²) in [7, 11) is 2.91. The lowest BCUT2D eigenvalue weighted by atomic mass is 10.2. The number of carbonyl (C=O) groups is 2. The van der Waals surface area contributed by atoms with Crippen LogP contribution in [-0.2, 0) is 0 Å². The second-order valence-electron chi connectivity index (χ2n) is 5.65. The first-order valence-electron chi connectivity index (χ1n) is 8.19. The van der Waals surface area contributed by atoms with Crippen LogP contribution in [0.1, 0.15) is 20.9 Å². The molecule has 0 radical (unpaired) electrons. The summed E-state index contributed by atoms with van der Waals surface area (Å²) in [6.45, 7) is 0. The third-order valence-corrected chi connectivity index (χ3v) is 4.12. The molecule has 0 saturated heterocycles. The molecule has 0 fully saturated rings. The van der Waals surface area contributed by atoms with Gasteiger partial charge in [-0.05, 0) is 36.4 Å². The van der Waals surface area contributed by atoms with E-state index in [-0.39, 0.29) is 11.7 Å².